The molecule has 3 saturated carbocycles. The highest BCUT2D eigenvalue weighted by Crippen LogP contribution is 2.71. The molecule has 0 bridgehead atoms. The number of aliphatic hydroxyl groups excluding tert-OH is 14. The molecule has 0 unspecified atom stereocenters. The van der Waals surface area contributed by atoms with Crippen molar-refractivity contribution in [1.82, 2.24) is 0 Å². The normalized spacial score (nSPS) is 57.8. The molecule has 0 aromatic rings. The van der Waals surface area contributed by atoms with Crippen LogP contribution in [0.4, 0.5) is 0 Å². The molecule has 75 heavy (non-hydrogen) atoms. The summed E-state index contributed by atoms with van der Waals surface area (Å²) in [6.07, 6.45) is -25.6. The van der Waals surface area contributed by atoms with Gasteiger partial charge in [-0.1, -0.05) is 32.4 Å². The van der Waals surface area contributed by atoms with Gasteiger partial charge in [-0.15, -0.1) is 0 Å². The van der Waals surface area contributed by atoms with Crippen molar-refractivity contribution in [3.05, 3.63) is 11.6 Å². The number of hydrogen-bond acceptors (Lipinski definition) is 24. The van der Waals surface area contributed by atoms with Crippen molar-refractivity contribution in [1.29, 1.82) is 0 Å². The van der Waals surface area contributed by atoms with Crippen LogP contribution in [0.3, 0.4) is 0 Å². The van der Waals surface area contributed by atoms with Gasteiger partial charge in [-0.05, 0) is 93.3 Å². The highest BCUT2D eigenvalue weighted by atomic mass is 16.8. The molecule has 430 valence electrons. The molecule has 32 atom stereocenters. The Bertz CT molecular complexity index is 2020. The van der Waals surface area contributed by atoms with Crippen LogP contribution in [-0.4, -0.2) is 250 Å². The van der Waals surface area contributed by atoms with E-state index >= 15 is 0 Å². The predicted molar refractivity (Wildman–Crippen MR) is 250 cm³/mol. The molecule has 4 aliphatic carbocycles. The zero-order chi connectivity index (χ0) is 54.0. The highest BCUT2D eigenvalue weighted by molar-refractivity contribution is 5.29. The Hall–Kier alpha value is -1.22. The number of aliphatic hydroxyl groups is 14. The van der Waals surface area contributed by atoms with Crippen LogP contribution in [0.1, 0.15) is 86.0 Å². The molecule has 9 fully saturated rings. The maximum absolute atomic E-state index is 12.3. The lowest BCUT2D eigenvalue weighted by Crippen LogP contribution is -2.67. The first-order chi connectivity index (χ1) is 35.4. The second-order valence-corrected chi connectivity index (χ2v) is 24.3. The first-order valence-electron chi connectivity index (χ1n) is 27.0. The fourth-order valence-corrected chi connectivity index (χ4v) is 15.6. The minimum Gasteiger partial charge on any atom is -0.394 e. The Morgan fingerprint density at radius 3 is 1.80 bits per heavy atom. The second kappa shape index (κ2) is 21.3. The highest BCUT2D eigenvalue weighted by Gasteiger charge is 2.71. The molecule has 6 heterocycles. The summed E-state index contributed by atoms with van der Waals surface area (Å²) in [5.41, 5.74) is -0.351. The topological polar surface area (TPSA) is 376 Å². The Kier molecular flexibility index (Phi) is 16.2. The molecule has 6 aliphatic heterocycles. The van der Waals surface area contributed by atoms with Crippen LogP contribution in [0.5, 0.6) is 0 Å². The molecule has 14 N–H and O–H groups in total. The van der Waals surface area contributed by atoms with Gasteiger partial charge in [0.1, 0.15) is 91.6 Å². The quantitative estimate of drug-likeness (QED) is 0.0832. The zero-order valence-corrected chi connectivity index (χ0v) is 43.1. The van der Waals surface area contributed by atoms with E-state index in [0.29, 0.717) is 32.1 Å². The molecule has 24 heteroatoms. The van der Waals surface area contributed by atoms with Crippen LogP contribution >= 0.6 is 0 Å². The first-order valence-corrected chi connectivity index (χ1v) is 27.0. The monoisotopic (exact) mass is 1080 g/mol. The van der Waals surface area contributed by atoms with Crippen LogP contribution < -0.4 is 0 Å². The second-order valence-electron chi connectivity index (χ2n) is 24.3. The molecule has 10 aliphatic rings. The van der Waals surface area contributed by atoms with Crippen molar-refractivity contribution < 1.29 is 119 Å². The van der Waals surface area contributed by atoms with Crippen molar-refractivity contribution in [2.24, 2.45) is 40.4 Å². The van der Waals surface area contributed by atoms with Crippen molar-refractivity contribution >= 4 is 0 Å². The van der Waals surface area contributed by atoms with Gasteiger partial charge < -0.3 is 119 Å². The average molecular weight is 1080 g/mol. The SMILES string of the molecule is C[C@@H]1O[C@@H](O[C@H]2[C@H](O[C@H]3CC[C@@]4(C)C(=C[C@H](O)[C@H]5[C@H]6C[C@@H]7O[C@]8(CC[C@@](C)(CO[C@@H]9O[C@H](CO)[C@@H](O)[C@H](O)[C@H]9O)O8)[C@@H](C)[C@H]7[C@@]6(C)CC[C@@H]54)C3)O[C@H](CO)[C@H](O)[C@@H]2O[C@@H]2O[C@H](CO)[C@@H](O)[C@H](O)[C@H]2O)[C@H](O)[C@H](O)[C@H]1O. The predicted octanol–water partition coefficient (Wildman–Crippen LogP) is -3.88. The van der Waals surface area contributed by atoms with E-state index in [4.69, 9.17) is 47.4 Å². The van der Waals surface area contributed by atoms with E-state index in [1.54, 1.807) is 0 Å². The lowest BCUT2D eigenvalue weighted by atomic mass is 9.46. The van der Waals surface area contributed by atoms with Gasteiger partial charge in [0, 0.05) is 12.3 Å². The van der Waals surface area contributed by atoms with Gasteiger partial charge in [0.2, 0.25) is 0 Å². The van der Waals surface area contributed by atoms with E-state index in [2.05, 4.69) is 20.8 Å². The lowest BCUT2D eigenvalue weighted by molar-refractivity contribution is -0.394. The van der Waals surface area contributed by atoms with Crippen molar-refractivity contribution in [3.63, 3.8) is 0 Å². The van der Waals surface area contributed by atoms with Crippen molar-refractivity contribution in [2.45, 2.75) is 239 Å². The van der Waals surface area contributed by atoms with Gasteiger partial charge in [0.05, 0.1) is 56.4 Å². The molecule has 10 rings (SSSR count). The average Bonchev–Trinajstić information content (AvgIpc) is 4.05. The van der Waals surface area contributed by atoms with E-state index in [-0.39, 0.29) is 53.1 Å². The number of fused-ring (bicyclic) bond motifs is 7. The van der Waals surface area contributed by atoms with E-state index < -0.39 is 166 Å². The summed E-state index contributed by atoms with van der Waals surface area (Å²) in [5, 5.41) is 149. The lowest BCUT2D eigenvalue weighted by Gasteiger charge is -2.59. The van der Waals surface area contributed by atoms with E-state index in [0.717, 1.165) is 24.8 Å². The van der Waals surface area contributed by atoms with Crippen LogP contribution in [0.15, 0.2) is 11.6 Å². The fraction of sp³-hybridized carbons (Fsp3) is 0.961. The van der Waals surface area contributed by atoms with Crippen LogP contribution in [0, 0.1) is 40.4 Å². The Labute approximate surface area is 434 Å². The molecule has 1 spiro atoms. The van der Waals surface area contributed by atoms with Crippen molar-refractivity contribution in [2.75, 3.05) is 26.4 Å². The fourth-order valence-electron chi connectivity index (χ4n) is 15.6. The summed E-state index contributed by atoms with van der Waals surface area (Å²) < 4.78 is 62.1. The third-order valence-electron chi connectivity index (χ3n) is 19.9. The summed E-state index contributed by atoms with van der Waals surface area (Å²) >= 11 is 0. The molecule has 6 saturated heterocycles. The standard InChI is InChI=1S/C51H82O24/c1-19-31-26(74-51(19)11-10-48(3,75-51)18-66-44-39(63)37(61)33(57)27(15-52)69-44)14-24-30-23(7-9-50(24,31)5)49(4)8-6-22(12-21(49)13-25(30)55)68-47-43(73-45-40(64)36(60)32(56)20(2)67-45)42(35(59)29(17-54)71-47)72-46-41(65)38(62)34(58)28(16-53)70-46/h13,19-20,22-47,52-65H,6-12,14-18H2,1-5H3/t19-,20-,22-,23-,24+,25-,26-,27+,28+,29+,30+,31+,32-,33+,34+,35-,36+,37-,38-,39+,40+,41+,42-,43+,44+,45-,46-,47+,48-,49-,50-,51-/m0/s1. The summed E-state index contributed by atoms with van der Waals surface area (Å²) in [6.45, 7) is 8.04. The molecular weight excluding hydrogens is 997 g/mol. The zero-order valence-electron chi connectivity index (χ0n) is 43.1. The smallest absolute Gasteiger partial charge is 0.187 e. The summed E-state index contributed by atoms with van der Waals surface area (Å²) in [6, 6.07) is 0. The number of rotatable bonds is 12. The molecule has 0 aromatic carbocycles. The summed E-state index contributed by atoms with van der Waals surface area (Å²) in [5.74, 6) is -0.615. The van der Waals surface area contributed by atoms with Gasteiger partial charge >= 0.3 is 0 Å². The molecule has 0 amide bonds. The van der Waals surface area contributed by atoms with Gasteiger partial charge in [-0.3, -0.25) is 0 Å². The van der Waals surface area contributed by atoms with Crippen molar-refractivity contribution in [3.8, 4) is 0 Å². The molecule has 0 aromatic heterocycles. The minimum atomic E-state index is -1.90. The molecule has 0 radical (unpaired) electrons. The Balaban J connectivity index is 0.839. The Morgan fingerprint density at radius 1 is 0.573 bits per heavy atom. The van der Waals surface area contributed by atoms with E-state index in [9.17, 15) is 71.5 Å². The van der Waals surface area contributed by atoms with Gasteiger partial charge in [-0.2, -0.15) is 0 Å². The molecular formula is C51H82O24. The van der Waals surface area contributed by atoms with Gasteiger partial charge in [0.15, 0.2) is 30.9 Å². The minimum absolute atomic E-state index is 0.00233. The summed E-state index contributed by atoms with van der Waals surface area (Å²) in [7, 11) is 0. The number of ether oxygens (including phenoxy) is 10. The maximum atomic E-state index is 12.3. The van der Waals surface area contributed by atoms with Crippen LogP contribution in [0.2, 0.25) is 0 Å². The van der Waals surface area contributed by atoms with E-state index in [1.165, 1.54) is 6.92 Å². The number of hydrogen-bond donors (Lipinski definition) is 14. The molecule has 24 nitrogen and oxygen atoms in total. The third-order valence-corrected chi connectivity index (χ3v) is 19.9. The summed E-state index contributed by atoms with van der Waals surface area (Å²) in [4.78, 5) is 0. The first kappa shape index (κ1) is 57.0. The van der Waals surface area contributed by atoms with E-state index in [1.807, 2.05) is 13.0 Å². The van der Waals surface area contributed by atoms with Gasteiger partial charge in [-0.25, -0.2) is 0 Å². The van der Waals surface area contributed by atoms with Gasteiger partial charge in [0.25, 0.3) is 0 Å². The third kappa shape index (κ3) is 9.61. The Morgan fingerprint density at radius 2 is 1.15 bits per heavy atom. The maximum Gasteiger partial charge on any atom is 0.187 e. The van der Waals surface area contributed by atoms with Crippen LogP contribution in [-0.2, 0) is 47.4 Å². The largest absolute Gasteiger partial charge is 0.394 e. The van der Waals surface area contributed by atoms with Crippen LogP contribution in [0.25, 0.3) is 0 Å².